The van der Waals surface area contributed by atoms with Crippen LogP contribution in [0.1, 0.15) is 19.3 Å². The molecular weight excluding hydrogens is 325 g/mol. The Morgan fingerprint density at radius 3 is 2.58 bits per heavy atom. The molecule has 1 aliphatic heterocycles. The zero-order valence-corrected chi connectivity index (χ0v) is 14.4. The Kier molecular flexibility index (Phi) is 6.32. The van der Waals surface area contributed by atoms with Crippen molar-refractivity contribution in [1.29, 1.82) is 0 Å². The number of benzene rings is 1. The summed E-state index contributed by atoms with van der Waals surface area (Å²) < 4.78 is 23.1. The lowest BCUT2D eigenvalue weighted by Crippen LogP contribution is -2.14. The molecule has 0 amide bonds. The normalized spacial score (nSPS) is 15.0. The molecule has 0 bridgehead atoms. The van der Waals surface area contributed by atoms with Gasteiger partial charge in [-0.25, -0.2) is 8.70 Å². The quantitative estimate of drug-likeness (QED) is 0.528. The van der Waals surface area contributed by atoms with E-state index in [4.69, 9.17) is 4.74 Å². The van der Waals surface area contributed by atoms with Crippen molar-refractivity contribution in [2.75, 3.05) is 30.5 Å². The molecule has 2 aromatic rings. The highest BCUT2D eigenvalue weighted by molar-refractivity contribution is 7.98. The summed E-state index contributed by atoms with van der Waals surface area (Å²) in [6.07, 6.45) is 6.97. The Balaban J connectivity index is 1.27. The highest BCUT2D eigenvalue weighted by Gasteiger charge is 2.21. The standard InChI is InChI=1S/C18H22FN3OS/c19-16-4-6-18(7-5-16)23-15-3-1-2-12-21-13-14-22(24-21)17-8-10-20-11-9-17/h4-11H,1-3,12-15H2. The van der Waals surface area contributed by atoms with Crippen molar-refractivity contribution in [1.82, 2.24) is 9.29 Å². The first-order valence-electron chi connectivity index (χ1n) is 8.30. The van der Waals surface area contributed by atoms with Crippen molar-refractivity contribution >= 4 is 17.8 Å². The van der Waals surface area contributed by atoms with Crippen molar-refractivity contribution in [3.63, 3.8) is 0 Å². The first kappa shape index (κ1) is 17.0. The number of halogens is 1. The molecular formula is C18H22FN3OS. The van der Waals surface area contributed by atoms with Crippen molar-refractivity contribution in [3.05, 3.63) is 54.6 Å². The second-order valence-corrected chi connectivity index (χ2v) is 6.80. The molecule has 1 saturated heterocycles. The van der Waals surface area contributed by atoms with E-state index in [1.54, 1.807) is 24.3 Å². The average Bonchev–Trinajstić information content (AvgIpc) is 3.09. The minimum atomic E-state index is -0.230. The predicted octanol–water partition coefficient (Wildman–Crippen LogP) is 4.16. The fraction of sp³-hybridized carbons (Fsp3) is 0.389. The molecule has 0 N–H and O–H groups in total. The van der Waals surface area contributed by atoms with Gasteiger partial charge in [0.15, 0.2) is 0 Å². The van der Waals surface area contributed by atoms with Gasteiger partial charge in [-0.2, -0.15) is 0 Å². The van der Waals surface area contributed by atoms with Crippen molar-refractivity contribution in [3.8, 4) is 5.75 Å². The third-order valence-corrected chi connectivity index (χ3v) is 5.04. The van der Waals surface area contributed by atoms with Gasteiger partial charge in [-0.05, 0) is 55.7 Å². The van der Waals surface area contributed by atoms with E-state index in [2.05, 4.69) is 13.6 Å². The first-order valence-corrected chi connectivity index (χ1v) is 9.03. The molecule has 1 aliphatic rings. The van der Waals surface area contributed by atoms with Gasteiger partial charge in [0, 0.05) is 44.2 Å². The van der Waals surface area contributed by atoms with E-state index in [0.29, 0.717) is 6.61 Å². The summed E-state index contributed by atoms with van der Waals surface area (Å²) in [5.41, 5.74) is 1.21. The maximum Gasteiger partial charge on any atom is 0.123 e. The molecule has 0 spiro atoms. The third kappa shape index (κ3) is 5.11. The van der Waals surface area contributed by atoms with Crippen LogP contribution in [0.3, 0.4) is 0 Å². The van der Waals surface area contributed by atoms with Gasteiger partial charge in [-0.1, -0.05) is 0 Å². The molecule has 1 aromatic heterocycles. The van der Waals surface area contributed by atoms with E-state index in [0.717, 1.165) is 44.6 Å². The van der Waals surface area contributed by atoms with Crippen LogP contribution in [0.4, 0.5) is 10.1 Å². The van der Waals surface area contributed by atoms with Gasteiger partial charge in [-0.15, -0.1) is 0 Å². The van der Waals surface area contributed by atoms with Crippen LogP contribution in [0.5, 0.6) is 5.75 Å². The van der Waals surface area contributed by atoms with Gasteiger partial charge in [0.05, 0.1) is 12.3 Å². The van der Waals surface area contributed by atoms with Gasteiger partial charge >= 0.3 is 0 Å². The molecule has 0 atom stereocenters. The Bertz CT molecular complexity index is 611. The highest BCUT2D eigenvalue weighted by atomic mass is 32.2. The van der Waals surface area contributed by atoms with Crippen LogP contribution in [-0.2, 0) is 0 Å². The maximum absolute atomic E-state index is 12.8. The molecule has 24 heavy (non-hydrogen) atoms. The topological polar surface area (TPSA) is 28.6 Å². The molecule has 0 aliphatic carbocycles. The molecule has 6 heteroatoms. The SMILES string of the molecule is Fc1ccc(OCCCCCN2CCN(c3ccncc3)S2)cc1. The Morgan fingerprint density at radius 1 is 1.00 bits per heavy atom. The largest absolute Gasteiger partial charge is 0.494 e. The van der Waals surface area contributed by atoms with E-state index < -0.39 is 0 Å². The first-order chi connectivity index (χ1) is 11.8. The molecule has 0 saturated carbocycles. The fourth-order valence-electron chi connectivity index (χ4n) is 2.55. The monoisotopic (exact) mass is 347 g/mol. The second kappa shape index (κ2) is 8.89. The zero-order chi connectivity index (χ0) is 16.6. The number of rotatable bonds is 8. The molecule has 0 radical (unpaired) electrons. The highest BCUT2D eigenvalue weighted by Crippen LogP contribution is 2.29. The van der Waals surface area contributed by atoms with Crippen LogP contribution in [0.2, 0.25) is 0 Å². The van der Waals surface area contributed by atoms with Crippen LogP contribution in [0, 0.1) is 5.82 Å². The van der Waals surface area contributed by atoms with E-state index in [9.17, 15) is 4.39 Å². The number of ether oxygens (including phenoxy) is 1. The van der Waals surface area contributed by atoms with Crippen molar-refractivity contribution in [2.45, 2.75) is 19.3 Å². The summed E-state index contributed by atoms with van der Waals surface area (Å²) in [5, 5.41) is 0. The van der Waals surface area contributed by atoms with E-state index in [1.165, 1.54) is 17.8 Å². The number of pyridine rings is 1. The van der Waals surface area contributed by atoms with Crippen molar-refractivity contribution in [2.24, 2.45) is 0 Å². The van der Waals surface area contributed by atoms with Crippen LogP contribution >= 0.6 is 12.1 Å². The molecule has 1 aromatic carbocycles. The number of hydrogen-bond acceptors (Lipinski definition) is 5. The number of unbranched alkanes of at least 4 members (excludes halogenated alkanes) is 2. The summed E-state index contributed by atoms with van der Waals surface area (Å²) in [6, 6.07) is 10.3. The third-order valence-electron chi connectivity index (χ3n) is 3.85. The van der Waals surface area contributed by atoms with Crippen LogP contribution in [0.25, 0.3) is 0 Å². The molecule has 0 unspecified atom stereocenters. The summed E-state index contributed by atoms with van der Waals surface area (Å²) in [6.45, 7) is 3.89. The molecule has 3 rings (SSSR count). The Morgan fingerprint density at radius 2 is 1.79 bits per heavy atom. The van der Waals surface area contributed by atoms with Crippen molar-refractivity contribution < 1.29 is 9.13 Å². The molecule has 4 nitrogen and oxygen atoms in total. The maximum atomic E-state index is 12.8. The smallest absolute Gasteiger partial charge is 0.123 e. The van der Waals surface area contributed by atoms with Gasteiger partial charge in [0.1, 0.15) is 11.6 Å². The van der Waals surface area contributed by atoms with Crippen LogP contribution < -0.4 is 9.04 Å². The minimum Gasteiger partial charge on any atom is -0.494 e. The average molecular weight is 347 g/mol. The summed E-state index contributed by atoms with van der Waals surface area (Å²) in [4.78, 5) is 4.06. The van der Waals surface area contributed by atoms with Gasteiger partial charge < -0.3 is 9.04 Å². The molecule has 128 valence electrons. The lowest BCUT2D eigenvalue weighted by Gasteiger charge is -2.17. The van der Waals surface area contributed by atoms with Gasteiger partial charge in [0.25, 0.3) is 0 Å². The molecule has 2 heterocycles. The van der Waals surface area contributed by atoms with E-state index in [-0.39, 0.29) is 5.82 Å². The summed E-state index contributed by atoms with van der Waals surface area (Å²) >= 11 is 1.80. The summed E-state index contributed by atoms with van der Waals surface area (Å²) in [5.74, 6) is 0.505. The number of nitrogens with zero attached hydrogens (tertiary/aromatic N) is 3. The Hall–Kier alpha value is -1.79. The zero-order valence-electron chi connectivity index (χ0n) is 13.6. The van der Waals surface area contributed by atoms with Crippen LogP contribution in [0.15, 0.2) is 48.8 Å². The summed E-state index contributed by atoms with van der Waals surface area (Å²) in [7, 11) is 0. The van der Waals surface area contributed by atoms with E-state index in [1.807, 2.05) is 24.5 Å². The minimum absolute atomic E-state index is 0.230. The van der Waals surface area contributed by atoms with Crippen LogP contribution in [-0.4, -0.2) is 35.5 Å². The predicted molar refractivity (Wildman–Crippen MR) is 96.5 cm³/mol. The number of anilines is 1. The molecule has 1 fully saturated rings. The lowest BCUT2D eigenvalue weighted by molar-refractivity contribution is 0.302. The van der Waals surface area contributed by atoms with E-state index >= 15 is 0 Å². The second-order valence-electron chi connectivity index (χ2n) is 5.68. The van der Waals surface area contributed by atoms with Gasteiger partial charge in [-0.3, -0.25) is 4.98 Å². The Labute approximate surface area is 146 Å². The number of aromatic nitrogens is 1. The lowest BCUT2D eigenvalue weighted by atomic mass is 10.2. The fourth-order valence-corrected chi connectivity index (χ4v) is 3.58. The van der Waals surface area contributed by atoms with Gasteiger partial charge in [0.2, 0.25) is 0 Å². The number of hydrogen-bond donors (Lipinski definition) is 0.